The van der Waals surface area contributed by atoms with Gasteiger partial charge in [-0.15, -0.1) is 0 Å². The highest BCUT2D eigenvalue weighted by atomic mass is 19.1. The van der Waals surface area contributed by atoms with Crippen molar-refractivity contribution in [2.45, 2.75) is 71.5 Å². The number of rotatable bonds is 9. The quantitative estimate of drug-likeness (QED) is 0.390. The molecule has 1 spiro atoms. The normalized spacial score (nSPS) is 24.4. The highest BCUT2D eigenvalue weighted by molar-refractivity contribution is 5.65. The van der Waals surface area contributed by atoms with Crippen LogP contribution in [0.3, 0.4) is 0 Å². The van der Waals surface area contributed by atoms with Crippen molar-refractivity contribution < 1.29 is 8.78 Å². The predicted octanol–water partition coefficient (Wildman–Crippen LogP) is 7.34. The summed E-state index contributed by atoms with van der Waals surface area (Å²) in [6, 6.07) is 4.02. The predicted molar refractivity (Wildman–Crippen MR) is 145 cm³/mol. The van der Waals surface area contributed by atoms with Crippen LogP contribution < -0.4 is 5.32 Å². The van der Waals surface area contributed by atoms with Crippen LogP contribution in [0.15, 0.2) is 90.1 Å². The Labute approximate surface area is 215 Å². The zero-order chi connectivity index (χ0) is 26.2. The topological polar surface area (TPSA) is 18.5 Å². The minimum atomic E-state index is -0.584. The molecule has 1 saturated carbocycles. The van der Waals surface area contributed by atoms with E-state index in [-0.39, 0.29) is 12.1 Å². The Morgan fingerprint density at radius 3 is 2.64 bits per heavy atom. The van der Waals surface area contributed by atoms with Gasteiger partial charge in [0.25, 0.3) is 0 Å². The number of benzene rings is 1. The van der Waals surface area contributed by atoms with Gasteiger partial charge in [0, 0.05) is 53.8 Å². The lowest BCUT2D eigenvalue weighted by Crippen LogP contribution is -2.54. The molecule has 192 valence electrons. The standard InChI is InChI=1S/C31H39F2N3/c1-8-11-24-16-31(24)19-35(20(4)5)29(12-9-2)30-26(10-3)21(6)27(18-36(30)31)22(7)34-17-23-13-14-25(32)15-28(23)33/h10,12-15,18,20,24,34H,3,6-9,11,16-17,19H2,1-2,4-5H3/b29-12+. The van der Waals surface area contributed by atoms with E-state index >= 15 is 0 Å². The zero-order valence-electron chi connectivity index (χ0n) is 22.1. The summed E-state index contributed by atoms with van der Waals surface area (Å²) in [4.78, 5) is 5.02. The zero-order valence-corrected chi connectivity index (χ0v) is 22.1. The van der Waals surface area contributed by atoms with Crippen LogP contribution in [0.4, 0.5) is 8.78 Å². The van der Waals surface area contributed by atoms with Gasteiger partial charge in [-0.05, 0) is 50.7 Å². The first-order valence-electron chi connectivity index (χ1n) is 13.1. The minimum absolute atomic E-state index is 0.0320. The Morgan fingerprint density at radius 1 is 1.28 bits per heavy atom. The molecule has 5 heteroatoms. The number of piperazine rings is 1. The molecule has 0 amide bonds. The molecule has 2 fully saturated rings. The second-order valence-corrected chi connectivity index (χ2v) is 10.4. The molecule has 2 atom stereocenters. The fourth-order valence-electron chi connectivity index (χ4n) is 5.78. The van der Waals surface area contributed by atoms with E-state index < -0.39 is 11.6 Å². The molecule has 1 aliphatic carbocycles. The third-order valence-electron chi connectivity index (χ3n) is 7.77. The number of allylic oxidation sites excluding steroid dienone is 4. The Kier molecular flexibility index (Phi) is 7.31. The van der Waals surface area contributed by atoms with E-state index in [1.54, 1.807) is 0 Å². The number of nitrogens with zero attached hydrogens (tertiary/aromatic N) is 2. The molecule has 2 aliphatic heterocycles. The van der Waals surface area contributed by atoms with E-state index in [0.29, 0.717) is 23.2 Å². The van der Waals surface area contributed by atoms with E-state index in [1.165, 1.54) is 29.9 Å². The number of hydrogen-bond donors (Lipinski definition) is 1. The van der Waals surface area contributed by atoms with Gasteiger partial charge in [0.05, 0.1) is 16.9 Å². The number of hydrogen-bond acceptors (Lipinski definition) is 3. The largest absolute Gasteiger partial charge is 0.381 e. The molecule has 1 aromatic carbocycles. The van der Waals surface area contributed by atoms with Crippen molar-refractivity contribution in [3.8, 4) is 0 Å². The molecule has 1 aromatic rings. The fraction of sp³-hybridized carbons (Fsp3) is 0.419. The summed E-state index contributed by atoms with van der Waals surface area (Å²) in [6.07, 6.45) is 10.8. The molecule has 3 nitrogen and oxygen atoms in total. The minimum Gasteiger partial charge on any atom is -0.381 e. The van der Waals surface area contributed by atoms with Crippen LogP contribution in [0.5, 0.6) is 0 Å². The van der Waals surface area contributed by atoms with E-state index in [1.807, 2.05) is 6.08 Å². The Bertz CT molecular complexity index is 1170. The van der Waals surface area contributed by atoms with Crippen molar-refractivity contribution in [3.05, 3.63) is 107 Å². The van der Waals surface area contributed by atoms with Gasteiger partial charge in [0.15, 0.2) is 0 Å². The third-order valence-corrected chi connectivity index (χ3v) is 7.77. The molecule has 0 bridgehead atoms. The summed E-state index contributed by atoms with van der Waals surface area (Å²) >= 11 is 0. The van der Waals surface area contributed by atoms with Crippen LogP contribution in [0.25, 0.3) is 0 Å². The maximum atomic E-state index is 14.2. The van der Waals surface area contributed by atoms with Crippen molar-refractivity contribution in [2.75, 3.05) is 6.54 Å². The van der Waals surface area contributed by atoms with Crippen LogP contribution in [0, 0.1) is 17.6 Å². The summed E-state index contributed by atoms with van der Waals surface area (Å²) in [7, 11) is 0. The molecule has 1 N–H and O–H groups in total. The smallest absolute Gasteiger partial charge is 0.131 e. The van der Waals surface area contributed by atoms with Crippen molar-refractivity contribution in [3.63, 3.8) is 0 Å². The SMILES string of the molecule is C=CC1=C2/C(=C\CC)N(C(C)C)CC3(CC3CCC)N2C=C(C(=C)NCc2ccc(F)cc2F)C1=C. The third kappa shape index (κ3) is 4.44. The summed E-state index contributed by atoms with van der Waals surface area (Å²) in [5.74, 6) is -0.537. The number of halogens is 2. The molecule has 2 heterocycles. The van der Waals surface area contributed by atoms with Gasteiger partial charge in [-0.3, -0.25) is 0 Å². The van der Waals surface area contributed by atoms with Crippen LogP contribution in [0.1, 0.15) is 58.9 Å². The molecular formula is C31H39F2N3. The molecular weight excluding hydrogens is 452 g/mol. The Hall–Kier alpha value is -3.08. The van der Waals surface area contributed by atoms with Crippen molar-refractivity contribution in [1.29, 1.82) is 0 Å². The average molecular weight is 492 g/mol. The number of nitrogens with one attached hydrogen (secondary N) is 1. The maximum absolute atomic E-state index is 14.2. The molecule has 3 aliphatic rings. The highest BCUT2D eigenvalue weighted by Crippen LogP contribution is 2.59. The second kappa shape index (κ2) is 10.1. The van der Waals surface area contributed by atoms with E-state index in [9.17, 15) is 8.78 Å². The lowest BCUT2D eigenvalue weighted by atomic mass is 9.87. The summed E-state index contributed by atoms with van der Waals surface area (Å²) in [6.45, 7) is 23.0. The first kappa shape index (κ1) is 26.0. The fourth-order valence-corrected chi connectivity index (χ4v) is 5.78. The maximum Gasteiger partial charge on any atom is 0.131 e. The van der Waals surface area contributed by atoms with Crippen LogP contribution in [0.2, 0.25) is 0 Å². The van der Waals surface area contributed by atoms with Crippen LogP contribution >= 0.6 is 0 Å². The van der Waals surface area contributed by atoms with Gasteiger partial charge >= 0.3 is 0 Å². The second-order valence-electron chi connectivity index (χ2n) is 10.4. The van der Waals surface area contributed by atoms with Gasteiger partial charge in [0.2, 0.25) is 0 Å². The molecule has 0 aromatic heterocycles. The lowest BCUT2D eigenvalue weighted by molar-refractivity contribution is 0.133. The van der Waals surface area contributed by atoms with Gasteiger partial charge in [-0.1, -0.05) is 58.2 Å². The highest BCUT2D eigenvalue weighted by Gasteiger charge is 2.62. The van der Waals surface area contributed by atoms with Gasteiger partial charge < -0.3 is 15.1 Å². The monoisotopic (exact) mass is 491 g/mol. The van der Waals surface area contributed by atoms with Crippen molar-refractivity contribution in [2.24, 2.45) is 5.92 Å². The van der Waals surface area contributed by atoms with Gasteiger partial charge in [0.1, 0.15) is 11.6 Å². The molecule has 0 radical (unpaired) electrons. The first-order valence-corrected chi connectivity index (χ1v) is 13.1. The summed E-state index contributed by atoms with van der Waals surface area (Å²) in [5.41, 5.74) is 6.25. The van der Waals surface area contributed by atoms with E-state index in [2.05, 4.69) is 74.8 Å². The number of fused-ring (bicyclic) bond motifs is 2. The van der Waals surface area contributed by atoms with Gasteiger partial charge in [-0.25, -0.2) is 8.78 Å². The first-order chi connectivity index (χ1) is 17.2. The molecule has 36 heavy (non-hydrogen) atoms. The summed E-state index contributed by atoms with van der Waals surface area (Å²) in [5, 5.41) is 3.25. The molecule has 1 saturated heterocycles. The van der Waals surface area contributed by atoms with Crippen LogP contribution in [-0.4, -0.2) is 27.9 Å². The molecule has 2 unspecified atom stereocenters. The Balaban J connectivity index is 1.73. The van der Waals surface area contributed by atoms with E-state index in [4.69, 9.17) is 0 Å². The van der Waals surface area contributed by atoms with Crippen molar-refractivity contribution in [1.82, 2.24) is 15.1 Å². The van der Waals surface area contributed by atoms with Gasteiger partial charge in [-0.2, -0.15) is 0 Å². The molecule has 4 rings (SSSR count). The van der Waals surface area contributed by atoms with Crippen LogP contribution in [-0.2, 0) is 6.54 Å². The van der Waals surface area contributed by atoms with Crippen molar-refractivity contribution >= 4 is 0 Å². The summed E-state index contributed by atoms with van der Waals surface area (Å²) < 4.78 is 27.5. The Morgan fingerprint density at radius 2 is 2.03 bits per heavy atom. The lowest BCUT2D eigenvalue weighted by Gasteiger charge is -2.51. The van der Waals surface area contributed by atoms with E-state index in [0.717, 1.165) is 48.6 Å². The average Bonchev–Trinajstić information content (AvgIpc) is 3.52.